The van der Waals surface area contributed by atoms with Gasteiger partial charge in [-0.3, -0.25) is 0 Å². The van der Waals surface area contributed by atoms with Crippen LogP contribution in [0.3, 0.4) is 0 Å². The molecule has 2 aliphatic heterocycles. The summed E-state index contributed by atoms with van der Waals surface area (Å²) in [6.07, 6.45) is 8.38. The van der Waals surface area contributed by atoms with Gasteiger partial charge in [0.1, 0.15) is 5.82 Å². The van der Waals surface area contributed by atoms with Gasteiger partial charge in [-0.2, -0.15) is 4.98 Å². The molecule has 0 bridgehead atoms. The summed E-state index contributed by atoms with van der Waals surface area (Å²) < 4.78 is 0. The summed E-state index contributed by atoms with van der Waals surface area (Å²) in [6.45, 7) is 5.66. The first kappa shape index (κ1) is 11.8. The van der Waals surface area contributed by atoms with Gasteiger partial charge in [-0.05, 0) is 45.1 Å². The summed E-state index contributed by atoms with van der Waals surface area (Å²) in [5, 5.41) is 0. The molecule has 3 heterocycles. The molecule has 2 fully saturated rings. The lowest BCUT2D eigenvalue weighted by molar-refractivity contribution is 0.572. The van der Waals surface area contributed by atoms with Crippen LogP contribution in [0.15, 0.2) is 12.3 Å². The second-order valence-corrected chi connectivity index (χ2v) is 5.45. The Balaban J connectivity index is 1.79. The molecule has 0 radical (unpaired) electrons. The van der Waals surface area contributed by atoms with Gasteiger partial charge < -0.3 is 9.80 Å². The highest BCUT2D eigenvalue weighted by Gasteiger charge is 2.23. The molecule has 0 saturated carbocycles. The molecule has 0 aromatic carbocycles. The predicted octanol–water partition coefficient (Wildman–Crippen LogP) is 2.46. The monoisotopic (exact) mass is 246 g/mol. The maximum absolute atomic E-state index is 4.77. The standard InChI is InChI=1S/C14H22N4/c1-12-6-5-11-18(12)14-15-8-7-13(16-14)17-9-3-2-4-10-17/h7-8,12H,2-6,9-11H2,1H3. The number of nitrogens with zero attached hydrogens (tertiary/aromatic N) is 4. The van der Waals surface area contributed by atoms with Crippen LogP contribution in [0.1, 0.15) is 39.0 Å². The SMILES string of the molecule is CC1CCCN1c1nccc(N2CCCCC2)n1. The fourth-order valence-corrected chi connectivity index (χ4v) is 3.01. The topological polar surface area (TPSA) is 32.3 Å². The Hall–Kier alpha value is -1.32. The van der Waals surface area contributed by atoms with E-state index in [1.807, 2.05) is 6.20 Å². The van der Waals surface area contributed by atoms with Gasteiger partial charge in [-0.25, -0.2) is 4.98 Å². The van der Waals surface area contributed by atoms with Crippen molar-refractivity contribution in [3.63, 3.8) is 0 Å². The normalized spacial score (nSPS) is 24.6. The first-order chi connectivity index (χ1) is 8.84. The van der Waals surface area contributed by atoms with E-state index in [1.54, 1.807) is 0 Å². The zero-order valence-electron chi connectivity index (χ0n) is 11.2. The highest BCUT2D eigenvalue weighted by molar-refractivity contribution is 5.44. The molecule has 1 aromatic heterocycles. The van der Waals surface area contributed by atoms with Crippen LogP contribution in [-0.2, 0) is 0 Å². The number of aromatic nitrogens is 2. The van der Waals surface area contributed by atoms with E-state index in [2.05, 4.69) is 27.8 Å². The third kappa shape index (κ3) is 2.28. The van der Waals surface area contributed by atoms with Crippen molar-refractivity contribution in [2.24, 2.45) is 0 Å². The van der Waals surface area contributed by atoms with Crippen LogP contribution in [-0.4, -0.2) is 35.6 Å². The molecule has 2 aliphatic rings. The van der Waals surface area contributed by atoms with Gasteiger partial charge in [-0.15, -0.1) is 0 Å². The van der Waals surface area contributed by atoms with Gasteiger partial charge in [0, 0.05) is 31.9 Å². The first-order valence-electron chi connectivity index (χ1n) is 7.19. The molecular formula is C14H22N4. The largest absolute Gasteiger partial charge is 0.356 e. The van der Waals surface area contributed by atoms with Crippen molar-refractivity contribution in [2.75, 3.05) is 29.4 Å². The zero-order chi connectivity index (χ0) is 12.4. The van der Waals surface area contributed by atoms with Crippen molar-refractivity contribution in [2.45, 2.75) is 45.1 Å². The molecule has 1 atom stereocenters. The van der Waals surface area contributed by atoms with Crippen molar-refractivity contribution < 1.29 is 0 Å². The fraction of sp³-hybridized carbons (Fsp3) is 0.714. The lowest BCUT2D eigenvalue weighted by Gasteiger charge is -2.29. The van der Waals surface area contributed by atoms with E-state index in [0.29, 0.717) is 6.04 Å². The van der Waals surface area contributed by atoms with E-state index in [4.69, 9.17) is 4.98 Å². The highest BCUT2D eigenvalue weighted by Crippen LogP contribution is 2.24. The average Bonchev–Trinajstić information content (AvgIpc) is 2.86. The van der Waals surface area contributed by atoms with Gasteiger partial charge >= 0.3 is 0 Å². The summed E-state index contributed by atoms with van der Waals surface area (Å²) >= 11 is 0. The van der Waals surface area contributed by atoms with Gasteiger partial charge in [0.25, 0.3) is 0 Å². The maximum atomic E-state index is 4.77. The van der Waals surface area contributed by atoms with Crippen molar-refractivity contribution >= 4 is 11.8 Å². The minimum atomic E-state index is 0.585. The smallest absolute Gasteiger partial charge is 0.227 e. The van der Waals surface area contributed by atoms with Crippen LogP contribution in [0.5, 0.6) is 0 Å². The second-order valence-electron chi connectivity index (χ2n) is 5.45. The number of hydrogen-bond acceptors (Lipinski definition) is 4. The van der Waals surface area contributed by atoms with E-state index in [0.717, 1.165) is 31.4 Å². The van der Waals surface area contributed by atoms with E-state index >= 15 is 0 Å². The third-order valence-electron chi connectivity index (χ3n) is 4.12. The molecule has 4 heteroatoms. The molecule has 1 unspecified atom stereocenters. The Morgan fingerprint density at radius 1 is 1.11 bits per heavy atom. The van der Waals surface area contributed by atoms with E-state index in [9.17, 15) is 0 Å². The highest BCUT2D eigenvalue weighted by atomic mass is 15.3. The summed E-state index contributed by atoms with van der Waals surface area (Å²) in [5.41, 5.74) is 0. The second kappa shape index (κ2) is 5.12. The predicted molar refractivity (Wildman–Crippen MR) is 74.1 cm³/mol. The first-order valence-corrected chi connectivity index (χ1v) is 7.19. The van der Waals surface area contributed by atoms with Gasteiger partial charge in [0.15, 0.2) is 0 Å². The van der Waals surface area contributed by atoms with E-state index < -0.39 is 0 Å². The molecule has 0 N–H and O–H groups in total. The Labute approximate surface area is 109 Å². The zero-order valence-corrected chi connectivity index (χ0v) is 11.2. The van der Waals surface area contributed by atoms with Crippen LogP contribution in [0.2, 0.25) is 0 Å². The molecule has 0 spiro atoms. The van der Waals surface area contributed by atoms with Gasteiger partial charge in [0.05, 0.1) is 0 Å². The maximum Gasteiger partial charge on any atom is 0.227 e. The lowest BCUT2D eigenvalue weighted by atomic mass is 10.1. The molecule has 18 heavy (non-hydrogen) atoms. The van der Waals surface area contributed by atoms with Crippen molar-refractivity contribution in [3.8, 4) is 0 Å². The Morgan fingerprint density at radius 2 is 1.94 bits per heavy atom. The Kier molecular flexibility index (Phi) is 3.35. The van der Waals surface area contributed by atoms with Gasteiger partial charge in [-0.1, -0.05) is 0 Å². The number of hydrogen-bond donors (Lipinski definition) is 0. The molecule has 0 aliphatic carbocycles. The summed E-state index contributed by atoms with van der Waals surface area (Å²) in [5.74, 6) is 2.03. The van der Waals surface area contributed by atoms with Crippen LogP contribution in [0.4, 0.5) is 11.8 Å². The molecule has 0 amide bonds. The van der Waals surface area contributed by atoms with Crippen molar-refractivity contribution in [1.82, 2.24) is 9.97 Å². The fourth-order valence-electron chi connectivity index (χ4n) is 3.01. The Morgan fingerprint density at radius 3 is 2.67 bits per heavy atom. The molecule has 2 saturated heterocycles. The molecular weight excluding hydrogens is 224 g/mol. The summed E-state index contributed by atoms with van der Waals surface area (Å²) in [4.78, 5) is 14.0. The van der Waals surface area contributed by atoms with Crippen LogP contribution in [0, 0.1) is 0 Å². The lowest BCUT2D eigenvalue weighted by Crippen LogP contribution is -2.32. The summed E-state index contributed by atoms with van der Waals surface area (Å²) in [7, 11) is 0. The number of anilines is 2. The van der Waals surface area contributed by atoms with Crippen LogP contribution in [0.25, 0.3) is 0 Å². The molecule has 4 nitrogen and oxygen atoms in total. The molecule has 98 valence electrons. The third-order valence-corrected chi connectivity index (χ3v) is 4.12. The number of piperidine rings is 1. The van der Waals surface area contributed by atoms with Crippen molar-refractivity contribution in [3.05, 3.63) is 12.3 Å². The quantitative estimate of drug-likeness (QED) is 0.802. The van der Waals surface area contributed by atoms with E-state index in [1.165, 1.54) is 32.1 Å². The minimum absolute atomic E-state index is 0.585. The number of rotatable bonds is 2. The van der Waals surface area contributed by atoms with Crippen LogP contribution >= 0.6 is 0 Å². The van der Waals surface area contributed by atoms with Crippen molar-refractivity contribution in [1.29, 1.82) is 0 Å². The minimum Gasteiger partial charge on any atom is -0.356 e. The Bertz CT molecular complexity index is 401. The average molecular weight is 246 g/mol. The van der Waals surface area contributed by atoms with Crippen LogP contribution < -0.4 is 9.80 Å². The van der Waals surface area contributed by atoms with E-state index in [-0.39, 0.29) is 0 Å². The van der Waals surface area contributed by atoms with Gasteiger partial charge in [0.2, 0.25) is 5.95 Å². The summed E-state index contributed by atoms with van der Waals surface area (Å²) in [6, 6.07) is 2.64. The molecule has 1 aromatic rings. The molecule has 3 rings (SSSR count).